The fraction of sp³-hybridized carbons (Fsp3) is 0.182. The first-order valence-electron chi connectivity index (χ1n) is 9.78. The first kappa shape index (κ1) is 20.7. The number of thiophene rings is 1. The number of hydrogen-bond donors (Lipinski definition) is 0. The molecule has 0 saturated heterocycles. The number of nitrogens with zero attached hydrogens (tertiary/aromatic N) is 6. The highest BCUT2D eigenvalue weighted by Crippen LogP contribution is 2.38. The van der Waals surface area contributed by atoms with Gasteiger partial charge in [-0.15, -0.1) is 21.5 Å². The van der Waals surface area contributed by atoms with Gasteiger partial charge in [0, 0.05) is 26.6 Å². The van der Waals surface area contributed by atoms with Gasteiger partial charge in [0.1, 0.15) is 22.4 Å². The second-order valence-corrected chi connectivity index (χ2v) is 9.10. The van der Waals surface area contributed by atoms with Gasteiger partial charge >= 0.3 is 0 Å². The molecule has 0 saturated carbocycles. The predicted octanol–water partition coefficient (Wildman–Crippen LogP) is 5.35. The molecule has 6 nitrogen and oxygen atoms in total. The molecule has 0 atom stereocenters. The molecule has 0 fully saturated rings. The highest BCUT2D eigenvalue weighted by molar-refractivity contribution is 7.15. The Balaban J connectivity index is 1.76. The van der Waals surface area contributed by atoms with Gasteiger partial charge in [-0.2, -0.15) is 9.49 Å². The Labute approximate surface area is 191 Å². The van der Waals surface area contributed by atoms with Crippen LogP contribution in [-0.4, -0.2) is 25.5 Å². The first-order valence-corrected chi connectivity index (χ1v) is 11.0. The first-order chi connectivity index (χ1) is 15.3. The molecule has 32 heavy (non-hydrogen) atoms. The third kappa shape index (κ3) is 3.37. The highest BCUT2D eigenvalue weighted by atomic mass is 35.5. The predicted molar refractivity (Wildman–Crippen MR) is 121 cm³/mol. The van der Waals surface area contributed by atoms with E-state index < -0.39 is 11.8 Å². The zero-order valence-corrected chi connectivity index (χ0v) is 19.0. The quantitative estimate of drug-likeness (QED) is 0.378. The molecule has 0 aliphatic carbocycles. The summed E-state index contributed by atoms with van der Waals surface area (Å²) < 4.78 is 30.1. The normalized spacial score (nSPS) is 12.9. The molecule has 4 heterocycles. The van der Waals surface area contributed by atoms with Gasteiger partial charge < -0.3 is 0 Å². The largest absolute Gasteiger partial charge is 0.254 e. The SMILES string of the molecule is Cc1sc2c(c1C)C(c1ccc(Cl)cc1)=NN(Cc1cc(F)cnc1F)c1nnc(C)n1-2. The van der Waals surface area contributed by atoms with Crippen LogP contribution in [0.2, 0.25) is 5.02 Å². The number of halogens is 3. The fourth-order valence-electron chi connectivity index (χ4n) is 3.67. The molecule has 0 radical (unpaired) electrons. The second-order valence-electron chi connectivity index (χ2n) is 7.46. The van der Waals surface area contributed by atoms with Crippen molar-refractivity contribution in [3.63, 3.8) is 0 Å². The van der Waals surface area contributed by atoms with Crippen LogP contribution in [0.5, 0.6) is 0 Å². The molecule has 162 valence electrons. The molecule has 0 unspecified atom stereocenters. The second kappa shape index (κ2) is 7.75. The summed E-state index contributed by atoms with van der Waals surface area (Å²) >= 11 is 7.72. The number of anilines is 1. The zero-order chi connectivity index (χ0) is 22.6. The van der Waals surface area contributed by atoms with E-state index in [9.17, 15) is 8.78 Å². The van der Waals surface area contributed by atoms with Gasteiger partial charge in [0.05, 0.1) is 12.7 Å². The Morgan fingerprint density at radius 2 is 1.81 bits per heavy atom. The van der Waals surface area contributed by atoms with Crippen molar-refractivity contribution in [3.8, 4) is 5.00 Å². The van der Waals surface area contributed by atoms with E-state index in [1.807, 2.05) is 30.5 Å². The van der Waals surface area contributed by atoms with Gasteiger partial charge in [-0.25, -0.2) is 14.4 Å². The number of aryl methyl sites for hydroxylation is 2. The van der Waals surface area contributed by atoms with Crippen molar-refractivity contribution in [1.29, 1.82) is 0 Å². The summed E-state index contributed by atoms with van der Waals surface area (Å²) in [6, 6.07) is 8.48. The van der Waals surface area contributed by atoms with Crippen LogP contribution in [0.3, 0.4) is 0 Å². The summed E-state index contributed by atoms with van der Waals surface area (Å²) in [6.07, 6.45) is 0.847. The third-order valence-corrected chi connectivity index (χ3v) is 6.83. The molecule has 0 bridgehead atoms. The van der Waals surface area contributed by atoms with E-state index >= 15 is 0 Å². The Kier molecular flexibility index (Phi) is 5.02. The van der Waals surface area contributed by atoms with E-state index in [2.05, 4.69) is 22.1 Å². The van der Waals surface area contributed by atoms with Crippen LogP contribution in [0.15, 0.2) is 41.6 Å². The van der Waals surface area contributed by atoms with Gasteiger partial charge in [0.15, 0.2) is 0 Å². The minimum Gasteiger partial charge on any atom is -0.254 e. The number of hydrazone groups is 1. The summed E-state index contributed by atoms with van der Waals surface area (Å²) in [5, 5.41) is 16.5. The van der Waals surface area contributed by atoms with Crippen molar-refractivity contribution in [2.75, 3.05) is 5.01 Å². The van der Waals surface area contributed by atoms with Crippen LogP contribution in [-0.2, 0) is 6.54 Å². The molecule has 4 aromatic rings. The lowest BCUT2D eigenvalue weighted by Crippen LogP contribution is -2.21. The monoisotopic (exact) mass is 470 g/mol. The van der Waals surface area contributed by atoms with Crippen LogP contribution in [0, 0.1) is 32.5 Å². The Morgan fingerprint density at radius 3 is 2.56 bits per heavy atom. The Morgan fingerprint density at radius 1 is 1.06 bits per heavy atom. The Hall–Kier alpha value is -3.17. The van der Waals surface area contributed by atoms with Crippen LogP contribution in [0.1, 0.15) is 33.0 Å². The van der Waals surface area contributed by atoms with Gasteiger partial charge in [-0.05, 0) is 44.5 Å². The molecule has 3 aromatic heterocycles. The highest BCUT2D eigenvalue weighted by Gasteiger charge is 2.30. The smallest absolute Gasteiger partial charge is 0.253 e. The van der Waals surface area contributed by atoms with Crippen molar-refractivity contribution in [2.24, 2.45) is 5.10 Å². The van der Waals surface area contributed by atoms with E-state index in [1.165, 1.54) is 5.01 Å². The molecule has 0 amide bonds. The van der Waals surface area contributed by atoms with Crippen LogP contribution >= 0.6 is 22.9 Å². The molecular formula is C22H17ClF2N6S. The molecule has 0 N–H and O–H groups in total. The summed E-state index contributed by atoms with van der Waals surface area (Å²) in [6.45, 7) is 5.87. The molecule has 1 aromatic carbocycles. The standard InChI is InChI=1S/C22H17ClF2N6S/c1-11-12(2)32-21-18(11)19(14-4-6-16(23)7-5-14)29-30(22-28-27-13(3)31(21)22)10-15-8-17(24)9-26-20(15)25/h4-9H,10H2,1-3H3. The summed E-state index contributed by atoms with van der Waals surface area (Å²) in [4.78, 5) is 4.64. The minimum absolute atomic E-state index is 0.0644. The maximum atomic E-state index is 14.4. The molecular weight excluding hydrogens is 454 g/mol. The fourth-order valence-corrected chi connectivity index (χ4v) is 5.00. The van der Waals surface area contributed by atoms with Crippen molar-refractivity contribution in [3.05, 3.63) is 86.3 Å². The van der Waals surface area contributed by atoms with Gasteiger partial charge in [0.25, 0.3) is 5.95 Å². The van der Waals surface area contributed by atoms with E-state index in [1.54, 1.807) is 23.5 Å². The summed E-state index contributed by atoms with van der Waals surface area (Å²) in [5.41, 5.74) is 3.62. The van der Waals surface area contributed by atoms with Crippen LogP contribution in [0.4, 0.5) is 14.7 Å². The van der Waals surface area contributed by atoms with Crippen molar-refractivity contribution in [2.45, 2.75) is 27.3 Å². The van der Waals surface area contributed by atoms with Crippen LogP contribution < -0.4 is 5.01 Å². The van der Waals surface area contributed by atoms with E-state index in [-0.39, 0.29) is 12.1 Å². The summed E-state index contributed by atoms with van der Waals surface area (Å²) in [5.74, 6) is -0.305. The van der Waals surface area contributed by atoms with Gasteiger partial charge in [-0.1, -0.05) is 23.7 Å². The maximum Gasteiger partial charge on any atom is 0.253 e. The average Bonchev–Trinajstić information content (AvgIpc) is 3.23. The maximum absolute atomic E-state index is 14.4. The van der Waals surface area contributed by atoms with Crippen molar-refractivity contribution >= 4 is 34.6 Å². The Bertz CT molecular complexity index is 1380. The number of benzene rings is 1. The lowest BCUT2D eigenvalue weighted by molar-refractivity contribution is 0.540. The molecule has 5 rings (SSSR count). The van der Waals surface area contributed by atoms with Crippen molar-refractivity contribution in [1.82, 2.24) is 19.7 Å². The topological polar surface area (TPSA) is 59.2 Å². The zero-order valence-electron chi connectivity index (χ0n) is 17.4. The van der Waals surface area contributed by atoms with Gasteiger partial charge in [0.2, 0.25) is 5.95 Å². The molecule has 1 aliphatic rings. The van der Waals surface area contributed by atoms with Gasteiger partial charge in [-0.3, -0.25) is 4.57 Å². The lowest BCUT2D eigenvalue weighted by atomic mass is 10.00. The number of aromatic nitrogens is 4. The molecule has 10 heteroatoms. The average molecular weight is 471 g/mol. The van der Waals surface area contributed by atoms with Crippen molar-refractivity contribution < 1.29 is 8.78 Å². The number of rotatable bonds is 3. The molecule has 0 spiro atoms. The van der Waals surface area contributed by atoms with E-state index in [4.69, 9.17) is 16.7 Å². The van der Waals surface area contributed by atoms with E-state index in [0.29, 0.717) is 22.5 Å². The van der Waals surface area contributed by atoms with E-state index in [0.717, 1.165) is 38.8 Å². The number of hydrogen-bond acceptors (Lipinski definition) is 6. The summed E-state index contributed by atoms with van der Waals surface area (Å²) in [7, 11) is 0. The number of fused-ring (bicyclic) bond motifs is 3. The molecule has 1 aliphatic heterocycles. The van der Waals surface area contributed by atoms with Crippen LogP contribution in [0.25, 0.3) is 5.00 Å². The lowest BCUT2D eigenvalue weighted by Gasteiger charge is -2.18. The number of pyridine rings is 1. The third-order valence-electron chi connectivity index (χ3n) is 5.38. The minimum atomic E-state index is -0.761.